The van der Waals surface area contributed by atoms with Gasteiger partial charge in [0.1, 0.15) is 11.9 Å². The lowest BCUT2D eigenvalue weighted by Crippen LogP contribution is -2.37. The first-order chi connectivity index (χ1) is 14.2. The van der Waals surface area contributed by atoms with Gasteiger partial charge in [0.25, 0.3) is 5.91 Å². The number of halogens is 1. The van der Waals surface area contributed by atoms with E-state index in [4.69, 9.17) is 15.4 Å². The molecule has 3 N–H and O–H groups in total. The molecule has 10 heteroatoms. The molecule has 9 nitrogen and oxygen atoms in total. The van der Waals surface area contributed by atoms with E-state index in [0.29, 0.717) is 36.7 Å². The van der Waals surface area contributed by atoms with E-state index < -0.39 is 23.2 Å². The monoisotopic (exact) mass is 413 g/mol. The van der Waals surface area contributed by atoms with E-state index in [-0.39, 0.29) is 17.6 Å². The number of nitrogens with two attached hydrogens (primary N) is 1. The summed E-state index contributed by atoms with van der Waals surface area (Å²) in [7, 11) is 0. The third-order valence-corrected chi connectivity index (χ3v) is 4.68. The highest BCUT2D eigenvalue weighted by atomic mass is 19.1. The predicted octanol–water partition coefficient (Wildman–Crippen LogP) is 3.35. The van der Waals surface area contributed by atoms with Crippen LogP contribution in [0.25, 0.3) is 10.9 Å². The zero-order chi connectivity index (χ0) is 21.9. The number of aryl methyl sites for hydroxylation is 1. The highest BCUT2D eigenvalue weighted by Gasteiger charge is 2.33. The second kappa shape index (κ2) is 8.49. The van der Waals surface area contributed by atoms with Gasteiger partial charge >= 0.3 is 6.01 Å². The van der Waals surface area contributed by atoms with Crippen LogP contribution in [-0.2, 0) is 6.54 Å². The summed E-state index contributed by atoms with van der Waals surface area (Å²) in [5, 5.41) is 24.1. The lowest BCUT2D eigenvalue weighted by atomic mass is 9.86. The van der Waals surface area contributed by atoms with Crippen LogP contribution in [0, 0.1) is 22.6 Å². The number of carbonyl (C=O) groups is 1. The van der Waals surface area contributed by atoms with Gasteiger partial charge in [0.05, 0.1) is 11.6 Å². The molecule has 3 aromatic rings. The van der Waals surface area contributed by atoms with Crippen molar-refractivity contribution < 1.29 is 13.6 Å². The topological polar surface area (TPSA) is 136 Å². The Balaban J connectivity index is 1.92. The van der Waals surface area contributed by atoms with Crippen molar-refractivity contribution in [1.82, 2.24) is 25.3 Å². The number of aromatic nitrogens is 4. The maximum absolute atomic E-state index is 13.8. The van der Waals surface area contributed by atoms with Gasteiger partial charge in [-0.25, -0.2) is 4.39 Å². The summed E-state index contributed by atoms with van der Waals surface area (Å²) in [5.74, 6) is -0.666. The molecular formula is C20H24FN7O2. The SMILES string of the molecule is CC(C)(C)C(NC(=O)c1nn(CCCCC#N)c2cc(F)ccc12)c1nnc(N)o1. The molecule has 30 heavy (non-hydrogen) atoms. The summed E-state index contributed by atoms with van der Waals surface area (Å²) in [6.07, 6.45) is 1.81. The van der Waals surface area contributed by atoms with Crippen LogP contribution in [0.4, 0.5) is 10.4 Å². The molecule has 0 saturated heterocycles. The number of amides is 1. The number of nitrogens with zero attached hydrogens (tertiary/aromatic N) is 5. The zero-order valence-electron chi connectivity index (χ0n) is 17.1. The highest BCUT2D eigenvalue weighted by molar-refractivity contribution is 6.05. The Bertz CT molecular complexity index is 1090. The molecule has 0 aliphatic carbocycles. The summed E-state index contributed by atoms with van der Waals surface area (Å²) in [4.78, 5) is 13.1. The molecule has 0 spiro atoms. The standard InChI is InChI=1S/C20H24FN7O2/c1-20(2,3)16(18-25-26-19(23)30-18)24-17(29)15-13-8-7-12(21)11-14(13)28(27-15)10-6-4-5-9-22/h7-8,11,16H,4-6,10H2,1-3H3,(H2,23,26)(H,24,29). The van der Waals surface area contributed by atoms with Gasteiger partial charge < -0.3 is 15.5 Å². The van der Waals surface area contributed by atoms with E-state index in [1.165, 1.54) is 18.2 Å². The van der Waals surface area contributed by atoms with Crippen molar-refractivity contribution in [3.8, 4) is 6.07 Å². The van der Waals surface area contributed by atoms with Crippen LogP contribution in [0.2, 0.25) is 0 Å². The summed E-state index contributed by atoms with van der Waals surface area (Å²) >= 11 is 0. The van der Waals surface area contributed by atoms with Gasteiger partial charge in [0, 0.05) is 18.4 Å². The summed E-state index contributed by atoms with van der Waals surface area (Å²) in [6, 6.07) is 5.58. The number of anilines is 1. The molecule has 0 fully saturated rings. The molecule has 1 unspecified atom stereocenters. The quantitative estimate of drug-likeness (QED) is 0.567. The fourth-order valence-corrected chi connectivity index (χ4v) is 3.16. The van der Waals surface area contributed by atoms with Gasteiger partial charge in [0.2, 0.25) is 5.89 Å². The molecular weight excluding hydrogens is 389 g/mol. The molecule has 0 radical (unpaired) electrons. The molecule has 3 rings (SSSR count). The Morgan fingerprint density at radius 2 is 2.13 bits per heavy atom. The maximum atomic E-state index is 13.8. The van der Waals surface area contributed by atoms with Crippen molar-refractivity contribution in [2.75, 3.05) is 5.73 Å². The fourth-order valence-electron chi connectivity index (χ4n) is 3.16. The maximum Gasteiger partial charge on any atom is 0.312 e. The molecule has 0 saturated carbocycles. The number of benzene rings is 1. The lowest BCUT2D eigenvalue weighted by Gasteiger charge is -2.28. The van der Waals surface area contributed by atoms with Crippen LogP contribution >= 0.6 is 0 Å². The van der Waals surface area contributed by atoms with E-state index in [2.05, 4.69) is 26.7 Å². The van der Waals surface area contributed by atoms with Crippen LogP contribution in [0.3, 0.4) is 0 Å². The van der Waals surface area contributed by atoms with Crippen LogP contribution in [0.15, 0.2) is 22.6 Å². The minimum atomic E-state index is -0.605. The summed E-state index contributed by atoms with van der Waals surface area (Å²) in [5.41, 5.74) is 5.78. The molecule has 2 aromatic heterocycles. The number of nitriles is 1. The van der Waals surface area contributed by atoms with Gasteiger partial charge in [-0.05, 0) is 36.5 Å². The number of nitrogen functional groups attached to an aromatic ring is 1. The molecule has 1 amide bonds. The van der Waals surface area contributed by atoms with Gasteiger partial charge in [0.15, 0.2) is 5.69 Å². The molecule has 0 aliphatic heterocycles. The first kappa shape index (κ1) is 21.2. The van der Waals surface area contributed by atoms with E-state index in [1.807, 2.05) is 20.8 Å². The number of hydrogen-bond donors (Lipinski definition) is 2. The number of nitrogens with one attached hydrogen (secondary N) is 1. The number of rotatable bonds is 7. The summed E-state index contributed by atoms with van der Waals surface area (Å²) in [6.45, 7) is 6.22. The average molecular weight is 413 g/mol. The van der Waals surface area contributed by atoms with Gasteiger partial charge in [-0.3, -0.25) is 9.48 Å². The minimum absolute atomic E-state index is 0.0870. The Labute approximate surface area is 173 Å². The largest absolute Gasteiger partial charge is 0.406 e. The third-order valence-electron chi connectivity index (χ3n) is 4.68. The molecule has 1 atom stereocenters. The van der Waals surface area contributed by atoms with Gasteiger partial charge in [-0.1, -0.05) is 25.9 Å². The Kier molecular flexibility index (Phi) is 6.01. The van der Waals surface area contributed by atoms with Crippen LogP contribution in [0.5, 0.6) is 0 Å². The number of fused-ring (bicyclic) bond motifs is 1. The van der Waals surface area contributed by atoms with Crippen molar-refractivity contribution in [1.29, 1.82) is 5.26 Å². The Hall–Kier alpha value is -3.48. The van der Waals surface area contributed by atoms with Crippen molar-refractivity contribution in [2.24, 2.45) is 5.41 Å². The molecule has 0 aliphatic rings. The number of unbranched alkanes of at least 4 members (excludes halogenated alkanes) is 2. The summed E-state index contributed by atoms with van der Waals surface area (Å²) < 4.78 is 20.8. The van der Waals surface area contributed by atoms with E-state index >= 15 is 0 Å². The normalized spacial score (nSPS) is 12.6. The smallest absolute Gasteiger partial charge is 0.312 e. The second-order valence-corrected chi connectivity index (χ2v) is 8.10. The van der Waals surface area contributed by atoms with Crippen molar-refractivity contribution in [3.63, 3.8) is 0 Å². The lowest BCUT2D eigenvalue weighted by molar-refractivity contribution is 0.0881. The fraction of sp³-hybridized carbons (Fsp3) is 0.450. The van der Waals surface area contributed by atoms with Crippen molar-refractivity contribution >= 4 is 22.8 Å². The molecule has 2 heterocycles. The van der Waals surface area contributed by atoms with E-state index in [0.717, 1.165) is 0 Å². The minimum Gasteiger partial charge on any atom is -0.406 e. The molecule has 0 bridgehead atoms. The third kappa shape index (κ3) is 4.56. The van der Waals surface area contributed by atoms with E-state index in [1.54, 1.807) is 4.68 Å². The predicted molar refractivity (Wildman–Crippen MR) is 108 cm³/mol. The highest BCUT2D eigenvalue weighted by Crippen LogP contribution is 2.33. The number of carbonyl (C=O) groups excluding carboxylic acids is 1. The van der Waals surface area contributed by atoms with Crippen molar-refractivity contribution in [3.05, 3.63) is 35.6 Å². The Morgan fingerprint density at radius 1 is 1.37 bits per heavy atom. The van der Waals surface area contributed by atoms with Crippen LogP contribution in [-0.4, -0.2) is 25.9 Å². The van der Waals surface area contributed by atoms with Crippen LogP contribution < -0.4 is 11.1 Å². The first-order valence-corrected chi connectivity index (χ1v) is 9.63. The van der Waals surface area contributed by atoms with E-state index in [9.17, 15) is 9.18 Å². The van der Waals surface area contributed by atoms with Crippen molar-refractivity contribution in [2.45, 2.75) is 52.6 Å². The molecule has 1 aromatic carbocycles. The van der Waals surface area contributed by atoms with Gasteiger partial charge in [-0.2, -0.15) is 10.4 Å². The molecule has 158 valence electrons. The zero-order valence-corrected chi connectivity index (χ0v) is 17.1. The first-order valence-electron chi connectivity index (χ1n) is 9.63. The average Bonchev–Trinajstić information content (AvgIpc) is 3.25. The van der Waals surface area contributed by atoms with Crippen LogP contribution in [0.1, 0.15) is 62.5 Å². The van der Waals surface area contributed by atoms with Gasteiger partial charge in [-0.15, -0.1) is 5.10 Å². The Morgan fingerprint density at radius 3 is 2.77 bits per heavy atom. The second-order valence-electron chi connectivity index (χ2n) is 8.10. The number of hydrogen-bond acceptors (Lipinski definition) is 7.